The Labute approximate surface area is 117 Å². The fraction of sp³-hybridized carbons (Fsp3) is 0.571. The molecule has 0 bridgehead atoms. The summed E-state index contributed by atoms with van der Waals surface area (Å²) in [6.45, 7) is 2.71. The monoisotopic (exact) mass is 287 g/mol. The van der Waals surface area contributed by atoms with Crippen molar-refractivity contribution >= 4 is 8.25 Å². The average molecular weight is 287 g/mol. The third-order valence-corrected chi connectivity index (χ3v) is 3.37. The minimum absolute atomic E-state index is 0. The van der Waals surface area contributed by atoms with E-state index in [0.29, 0.717) is 12.4 Å². The van der Waals surface area contributed by atoms with Gasteiger partial charge in [-0.1, -0.05) is 57.2 Å². The lowest BCUT2D eigenvalue weighted by molar-refractivity contribution is 0.277. The largest absolute Gasteiger partial charge is 0.750 e. The first-order valence-electron chi connectivity index (χ1n) is 6.66. The molecule has 108 valence electrons. The maximum absolute atomic E-state index is 11.5. The standard InChI is InChI=1S/C14H22O3P.H3N/c1-2-3-4-5-6-10-13-16-18(15)17-14-11-8-7-9-12-14;/h7-9,11-12H,2-6,10,13H2,1H3;1H3/q+1;/p+1. The maximum Gasteiger partial charge on any atom is 0.750 e. The molecule has 1 aromatic rings. The second-order valence-corrected chi connectivity index (χ2v) is 5.12. The van der Waals surface area contributed by atoms with Gasteiger partial charge < -0.3 is 6.15 Å². The molecule has 0 heterocycles. The molecule has 0 aliphatic heterocycles. The van der Waals surface area contributed by atoms with Crippen LogP contribution in [0.2, 0.25) is 0 Å². The molecule has 0 amide bonds. The Kier molecular flexibility index (Phi) is 11.5. The summed E-state index contributed by atoms with van der Waals surface area (Å²) in [5, 5.41) is 0. The lowest BCUT2D eigenvalue weighted by atomic mass is 10.1. The van der Waals surface area contributed by atoms with E-state index in [1.165, 1.54) is 25.7 Å². The predicted molar refractivity (Wildman–Crippen MR) is 80.0 cm³/mol. The van der Waals surface area contributed by atoms with Crippen molar-refractivity contribution < 1.29 is 13.6 Å². The van der Waals surface area contributed by atoms with Gasteiger partial charge in [0, 0.05) is 4.57 Å². The zero-order chi connectivity index (χ0) is 13.1. The molecule has 0 aromatic heterocycles. The van der Waals surface area contributed by atoms with Crippen LogP contribution >= 0.6 is 8.25 Å². The van der Waals surface area contributed by atoms with E-state index in [1.807, 2.05) is 18.2 Å². The van der Waals surface area contributed by atoms with Crippen LogP contribution in [0.15, 0.2) is 30.3 Å². The van der Waals surface area contributed by atoms with Crippen LogP contribution in [0.25, 0.3) is 0 Å². The third-order valence-electron chi connectivity index (χ3n) is 2.62. The second-order valence-electron chi connectivity index (χ2n) is 4.23. The minimum Gasteiger partial charge on any atom is -0.369 e. The fourth-order valence-electron chi connectivity index (χ4n) is 1.62. The summed E-state index contributed by atoms with van der Waals surface area (Å²) in [4.78, 5) is 0. The number of benzene rings is 1. The molecule has 0 saturated carbocycles. The molecule has 0 aliphatic rings. The van der Waals surface area contributed by atoms with E-state index in [9.17, 15) is 4.57 Å². The highest BCUT2D eigenvalue weighted by Crippen LogP contribution is 2.27. The maximum atomic E-state index is 11.5. The van der Waals surface area contributed by atoms with Gasteiger partial charge in [0.15, 0.2) is 5.75 Å². The van der Waals surface area contributed by atoms with Crippen molar-refractivity contribution in [2.45, 2.75) is 45.4 Å². The summed E-state index contributed by atoms with van der Waals surface area (Å²) in [6.07, 6.45) is 7.15. The van der Waals surface area contributed by atoms with Crippen LogP contribution in [0.3, 0.4) is 0 Å². The molecule has 4 N–H and O–H groups in total. The first-order chi connectivity index (χ1) is 8.83. The highest BCUT2D eigenvalue weighted by Gasteiger charge is 2.21. The zero-order valence-electron chi connectivity index (χ0n) is 12.0. The van der Waals surface area contributed by atoms with Crippen molar-refractivity contribution in [3.63, 3.8) is 0 Å². The SMILES string of the molecule is CCCCCCCCO[P+](=O)Oc1ccccc1.[NH4+]. The van der Waals surface area contributed by atoms with Crippen LogP contribution in [0.5, 0.6) is 5.75 Å². The highest BCUT2D eigenvalue weighted by atomic mass is 31.1. The molecule has 19 heavy (non-hydrogen) atoms. The quantitative estimate of drug-likeness (QED) is 0.457. The Morgan fingerprint density at radius 1 is 1.00 bits per heavy atom. The van der Waals surface area contributed by atoms with E-state index < -0.39 is 8.25 Å². The number of rotatable bonds is 10. The average Bonchev–Trinajstić information content (AvgIpc) is 2.39. The number of para-hydroxylation sites is 1. The topological polar surface area (TPSA) is 72.0 Å². The third kappa shape index (κ3) is 9.60. The van der Waals surface area contributed by atoms with Gasteiger partial charge in [-0.15, -0.1) is 4.52 Å². The Morgan fingerprint density at radius 3 is 2.32 bits per heavy atom. The Bertz CT molecular complexity index is 333. The van der Waals surface area contributed by atoms with Gasteiger partial charge >= 0.3 is 8.25 Å². The van der Waals surface area contributed by atoms with Gasteiger partial charge in [0.1, 0.15) is 6.61 Å². The molecule has 4 nitrogen and oxygen atoms in total. The normalized spacial score (nSPS) is 10.7. The van der Waals surface area contributed by atoms with Crippen molar-refractivity contribution in [1.82, 2.24) is 6.15 Å². The van der Waals surface area contributed by atoms with Crippen LogP contribution in [0.4, 0.5) is 0 Å². The van der Waals surface area contributed by atoms with Crippen molar-refractivity contribution in [2.75, 3.05) is 6.61 Å². The molecule has 1 atom stereocenters. The summed E-state index contributed by atoms with van der Waals surface area (Å²) in [5.74, 6) is 0.585. The van der Waals surface area contributed by atoms with E-state index in [4.69, 9.17) is 9.05 Å². The predicted octanol–water partition coefficient (Wildman–Crippen LogP) is 5.48. The number of hydrogen-bond acceptors (Lipinski definition) is 3. The number of unbranched alkanes of at least 4 members (excludes halogenated alkanes) is 5. The molecule has 5 heteroatoms. The molecule has 0 fully saturated rings. The van der Waals surface area contributed by atoms with E-state index in [1.54, 1.807) is 12.1 Å². The van der Waals surface area contributed by atoms with Crippen LogP contribution in [0, 0.1) is 0 Å². The van der Waals surface area contributed by atoms with Crippen molar-refractivity contribution in [3.8, 4) is 5.75 Å². The molecular weight excluding hydrogens is 261 g/mol. The van der Waals surface area contributed by atoms with E-state index in [2.05, 4.69) is 6.92 Å². The lowest BCUT2D eigenvalue weighted by Crippen LogP contribution is -1.91. The second kappa shape index (κ2) is 12.1. The summed E-state index contributed by atoms with van der Waals surface area (Å²) in [6, 6.07) is 9.10. The van der Waals surface area contributed by atoms with E-state index >= 15 is 0 Å². The molecular formula is C14H26NO3P+2. The molecule has 0 spiro atoms. The van der Waals surface area contributed by atoms with E-state index in [-0.39, 0.29) is 6.15 Å². The Hall–Kier alpha value is -0.960. The van der Waals surface area contributed by atoms with Gasteiger partial charge in [-0.05, 0) is 18.6 Å². The molecule has 1 aromatic carbocycles. The molecule has 1 unspecified atom stereocenters. The van der Waals surface area contributed by atoms with Gasteiger partial charge in [0.05, 0.1) is 0 Å². The van der Waals surface area contributed by atoms with Crippen LogP contribution < -0.4 is 10.7 Å². The lowest BCUT2D eigenvalue weighted by Gasteiger charge is -1.97. The van der Waals surface area contributed by atoms with E-state index in [0.717, 1.165) is 12.8 Å². The molecule has 0 aliphatic carbocycles. The first-order valence-corrected chi connectivity index (χ1v) is 7.75. The van der Waals surface area contributed by atoms with Gasteiger partial charge in [-0.25, -0.2) is 4.52 Å². The highest BCUT2D eigenvalue weighted by molar-refractivity contribution is 7.33. The first kappa shape index (κ1) is 18.0. The molecule has 0 radical (unpaired) electrons. The Morgan fingerprint density at radius 2 is 1.63 bits per heavy atom. The van der Waals surface area contributed by atoms with Crippen LogP contribution in [-0.2, 0) is 9.09 Å². The van der Waals surface area contributed by atoms with Crippen molar-refractivity contribution in [3.05, 3.63) is 30.3 Å². The molecule has 0 saturated heterocycles. The minimum atomic E-state index is -2.03. The van der Waals surface area contributed by atoms with Gasteiger partial charge in [-0.3, -0.25) is 0 Å². The van der Waals surface area contributed by atoms with Crippen LogP contribution in [-0.4, -0.2) is 6.61 Å². The summed E-state index contributed by atoms with van der Waals surface area (Å²) >= 11 is 0. The number of hydrogen-bond donors (Lipinski definition) is 1. The summed E-state index contributed by atoms with van der Waals surface area (Å²) in [7, 11) is -2.03. The smallest absolute Gasteiger partial charge is 0.369 e. The van der Waals surface area contributed by atoms with Crippen molar-refractivity contribution in [2.24, 2.45) is 0 Å². The fourth-order valence-corrected chi connectivity index (χ4v) is 2.24. The zero-order valence-corrected chi connectivity index (χ0v) is 12.9. The van der Waals surface area contributed by atoms with Gasteiger partial charge in [0.2, 0.25) is 0 Å². The van der Waals surface area contributed by atoms with Crippen molar-refractivity contribution in [1.29, 1.82) is 0 Å². The van der Waals surface area contributed by atoms with Crippen LogP contribution in [0.1, 0.15) is 45.4 Å². The summed E-state index contributed by atoms with van der Waals surface area (Å²) < 4.78 is 21.7. The molecule has 1 rings (SSSR count). The Balaban J connectivity index is 0.00000324. The summed E-state index contributed by atoms with van der Waals surface area (Å²) in [5.41, 5.74) is 0. The number of quaternary nitrogens is 1. The van der Waals surface area contributed by atoms with Gasteiger partial charge in [-0.2, -0.15) is 0 Å². The van der Waals surface area contributed by atoms with Gasteiger partial charge in [0.25, 0.3) is 0 Å².